The average Bonchev–Trinajstić information content (AvgIpc) is 2.81. The van der Waals surface area contributed by atoms with Gasteiger partial charge in [0.25, 0.3) is 0 Å². The molecule has 0 aromatic rings. The smallest absolute Gasteiger partial charge is 0.326 e. The summed E-state index contributed by atoms with van der Waals surface area (Å²) < 4.78 is 5.18. The predicted molar refractivity (Wildman–Crippen MR) is 65.2 cm³/mol. The molecule has 0 aromatic heterocycles. The van der Waals surface area contributed by atoms with Crippen molar-refractivity contribution < 1.29 is 24.2 Å². The summed E-state index contributed by atoms with van der Waals surface area (Å²) in [6.45, 7) is 0.660. The van der Waals surface area contributed by atoms with E-state index in [1.807, 2.05) is 0 Å². The van der Waals surface area contributed by atoms with E-state index in [1.54, 1.807) is 7.05 Å². The Balaban J connectivity index is 2.55. The first-order chi connectivity index (χ1) is 8.95. The number of amides is 2. The molecule has 2 amide bonds. The molecular formula is C11H19N3O5. The molecule has 0 bridgehead atoms. The highest BCUT2D eigenvalue weighted by molar-refractivity contribution is 5.86. The SMILES string of the molecule is CNC1COCC1C(=O)N[C@H](CCC(N)=O)C(=O)O. The van der Waals surface area contributed by atoms with Crippen LogP contribution in [0.3, 0.4) is 0 Å². The molecule has 0 aromatic carbocycles. The normalized spacial score (nSPS) is 23.8. The zero-order valence-electron chi connectivity index (χ0n) is 10.7. The topological polar surface area (TPSA) is 131 Å². The molecule has 1 aliphatic heterocycles. The largest absolute Gasteiger partial charge is 0.480 e. The molecule has 0 radical (unpaired) electrons. The number of rotatable bonds is 7. The van der Waals surface area contributed by atoms with Gasteiger partial charge >= 0.3 is 5.97 Å². The van der Waals surface area contributed by atoms with Crippen molar-refractivity contribution >= 4 is 17.8 Å². The number of carboxylic acids is 1. The Labute approximate surface area is 110 Å². The zero-order chi connectivity index (χ0) is 14.4. The molecule has 8 heteroatoms. The van der Waals surface area contributed by atoms with Gasteiger partial charge in [0.05, 0.1) is 19.1 Å². The summed E-state index contributed by atoms with van der Waals surface area (Å²) in [7, 11) is 1.71. The van der Waals surface area contributed by atoms with Gasteiger partial charge in [-0.3, -0.25) is 9.59 Å². The van der Waals surface area contributed by atoms with Gasteiger partial charge in [0, 0.05) is 12.5 Å². The maximum atomic E-state index is 12.0. The van der Waals surface area contributed by atoms with Crippen LogP contribution in [0, 0.1) is 5.92 Å². The molecule has 1 heterocycles. The van der Waals surface area contributed by atoms with Crippen LogP contribution in [-0.4, -0.2) is 55.2 Å². The Morgan fingerprint density at radius 2 is 2.11 bits per heavy atom. The van der Waals surface area contributed by atoms with Crippen LogP contribution in [0.25, 0.3) is 0 Å². The summed E-state index contributed by atoms with van der Waals surface area (Å²) in [5.74, 6) is -2.61. The minimum absolute atomic E-state index is 0.0196. The van der Waals surface area contributed by atoms with Gasteiger partial charge in [-0.15, -0.1) is 0 Å². The standard InChI is InChI=1S/C11H19N3O5/c1-13-8-5-19-4-6(8)10(16)14-7(11(17)18)2-3-9(12)15/h6-8,13H,2-5H2,1H3,(H2,12,15)(H,14,16)(H,17,18)/t6?,7-,8?/m1/s1. The maximum Gasteiger partial charge on any atom is 0.326 e. The third kappa shape index (κ3) is 4.49. The number of hydrogen-bond donors (Lipinski definition) is 4. The van der Waals surface area contributed by atoms with E-state index in [2.05, 4.69) is 10.6 Å². The molecule has 1 rings (SSSR count). The Morgan fingerprint density at radius 1 is 1.42 bits per heavy atom. The molecule has 1 saturated heterocycles. The lowest BCUT2D eigenvalue weighted by molar-refractivity contribution is -0.142. The van der Waals surface area contributed by atoms with Gasteiger partial charge in [-0.25, -0.2) is 4.79 Å². The van der Waals surface area contributed by atoms with Crippen LogP contribution in [0.2, 0.25) is 0 Å². The minimum atomic E-state index is -1.19. The van der Waals surface area contributed by atoms with E-state index in [-0.39, 0.29) is 25.5 Å². The van der Waals surface area contributed by atoms with E-state index in [1.165, 1.54) is 0 Å². The molecule has 108 valence electrons. The summed E-state index contributed by atoms with van der Waals surface area (Å²) in [6.07, 6.45) is -0.109. The fourth-order valence-electron chi connectivity index (χ4n) is 1.92. The minimum Gasteiger partial charge on any atom is -0.480 e. The number of primary amides is 1. The third-order valence-corrected chi connectivity index (χ3v) is 3.08. The highest BCUT2D eigenvalue weighted by atomic mass is 16.5. The van der Waals surface area contributed by atoms with E-state index < -0.39 is 29.7 Å². The van der Waals surface area contributed by atoms with Gasteiger partial charge in [-0.05, 0) is 13.5 Å². The van der Waals surface area contributed by atoms with Gasteiger partial charge < -0.3 is 26.2 Å². The van der Waals surface area contributed by atoms with Crippen molar-refractivity contribution in [2.45, 2.75) is 24.9 Å². The molecule has 3 atom stereocenters. The van der Waals surface area contributed by atoms with Gasteiger partial charge in [0.15, 0.2) is 0 Å². The molecular weight excluding hydrogens is 254 g/mol. The number of aliphatic carboxylic acids is 1. The average molecular weight is 273 g/mol. The van der Waals surface area contributed by atoms with Crippen LogP contribution in [0.1, 0.15) is 12.8 Å². The van der Waals surface area contributed by atoms with E-state index in [0.29, 0.717) is 6.61 Å². The fraction of sp³-hybridized carbons (Fsp3) is 0.727. The second-order valence-corrected chi connectivity index (χ2v) is 4.44. The Bertz CT molecular complexity index is 360. The molecule has 5 N–H and O–H groups in total. The number of carbonyl (C=O) groups is 3. The number of nitrogens with two attached hydrogens (primary N) is 1. The molecule has 19 heavy (non-hydrogen) atoms. The second kappa shape index (κ2) is 7.05. The highest BCUT2D eigenvalue weighted by Gasteiger charge is 2.34. The zero-order valence-corrected chi connectivity index (χ0v) is 10.7. The van der Waals surface area contributed by atoms with Gasteiger partial charge in [-0.1, -0.05) is 0 Å². The van der Waals surface area contributed by atoms with E-state index in [9.17, 15) is 14.4 Å². The van der Waals surface area contributed by atoms with Gasteiger partial charge in [0.1, 0.15) is 6.04 Å². The number of hydrogen-bond acceptors (Lipinski definition) is 5. The number of carbonyl (C=O) groups excluding carboxylic acids is 2. The lowest BCUT2D eigenvalue weighted by Crippen LogP contribution is -2.48. The second-order valence-electron chi connectivity index (χ2n) is 4.44. The van der Waals surface area contributed by atoms with Crippen molar-refractivity contribution in [3.8, 4) is 0 Å². The lowest BCUT2D eigenvalue weighted by Gasteiger charge is -2.19. The maximum absolute atomic E-state index is 12.0. The molecule has 1 aliphatic rings. The van der Waals surface area contributed by atoms with E-state index in [0.717, 1.165) is 0 Å². The highest BCUT2D eigenvalue weighted by Crippen LogP contribution is 2.14. The number of likely N-dealkylation sites (N-methyl/N-ethyl adjacent to an activating group) is 1. The summed E-state index contributed by atoms with van der Waals surface area (Å²) in [5.41, 5.74) is 4.96. The molecule has 2 unspecified atom stereocenters. The van der Waals surface area contributed by atoms with Crippen LogP contribution >= 0.6 is 0 Å². The first-order valence-electron chi connectivity index (χ1n) is 6.02. The summed E-state index contributed by atoms with van der Waals surface area (Å²) in [5, 5.41) is 14.3. The van der Waals surface area contributed by atoms with Crippen molar-refractivity contribution in [3.05, 3.63) is 0 Å². The quantitative estimate of drug-likeness (QED) is 0.426. The van der Waals surface area contributed by atoms with Crippen molar-refractivity contribution in [2.75, 3.05) is 20.3 Å². The van der Waals surface area contributed by atoms with Crippen LogP contribution < -0.4 is 16.4 Å². The molecule has 0 saturated carbocycles. The van der Waals surface area contributed by atoms with Crippen LogP contribution in [-0.2, 0) is 19.1 Å². The number of carboxylic acid groups (broad SMARTS) is 1. The van der Waals surface area contributed by atoms with Crippen molar-refractivity contribution in [2.24, 2.45) is 11.7 Å². The predicted octanol–water partition coefficient (Wildman–Crippen LogP) is -1.94. The molecule has 1 fully saturated rings. The molecule has 8 nitrogen and oxygen atoms in total. The Hall–Kier alpha value is -1.67. The summed E-state index contributed by atoms with van der Waals surface area (Å²) in [4.78, 5) is 33.6. The van der Waals surface area contributed by atoms with Crippen molar-refractivity contribution in [3.63, 3.8) is 0 Å². The van der Waals surface area contributed by atoms with Crippen molar-refractivity contribution in [1.82, 2.24) is 10.6 Å². The van der Waals surface area contributed by atoms with Crippen LogP contribution in [0.15, 0.2) is 0 Å². The lowest BCUT2D eigenvalue weighted by atomic mass is 10.0. The summed E-state index contributed by atoms with van der Waals surface area (Å²) >= 11 is 0. The number of nitrogens with one attached hydrogen (secondary N) is 2. The monoisotopic (exact) mass is 273 g/mol. The molecule has 0 spiro atoms. The van der Waals surface area contributed by atoms with Crippen LogP contribution in [0.5, 0.6) is 0 Å². The first-order valence-corrected chi connectivity index (χ1v) is 6.02. The first kappa shape index (κ1) is 15.4. The third-order valence-electron chi connectivity index (χ3n) is 3.08. The van der Waals surface area contributed by atoms with E-state index in [4.69, 9.17) is 15.6 Å². The van der Waals surface area contributed by atoms with Gasteiger partial charge in [0.2, 0.25) is 11.8 Å². The number of ether oxygens (including phenoxy) is 1. The Kier molecular flexibility index (Phi) is 5.71. The molecule has 0 aliphatic carbocycles. The summed E-state index contributed by atoms with van der Waals surface area (Å²) in [6, 6.07) is -1.25. The van der Waals surface area contributed by atoms with Crippen LogP contribution in [0.4, 0.5) is 0 Å². The fourth-order valence-corrected chi connectivity index (χ4v) is 1.92. The van der Waals surface area contributed by atoms with Crippen molar-refractivity contribution in [1.29, 1.82) is 0 Å². The van der Waals surface area contributed by atoms with Gasteiger partial charge in [-0.2, -0.15) is 0 Å². The Morgan fingerprint density at radius 3 is 2.63 bits per heavy atom. The van der Waals surface area contributed by atoms with E-state index >= 15 is 0 Å².